The molecule has 0 amide bonds. The van der Waals surface area contributed by atoms with E-state index in [4.69, 9.17) is 0 Å². The SMILES string of the molecule is O=c1[nH]c(=O)c2cnn(-c3ccncc3F)c2[nH]1. The number of rotatable bonds is 1. The van der Waals surface area contributed by atoms with Gasteiger partial charge in [-0.1, -0.05) is 0 Å². The van der Waals surface area contributed by atoms with Crippen LogP contribution in [-0.2, 0) is 0 Å². The number of fused-ring (bicyclic) bond motifs is 1. The first-order chi connectivity index (χ1) is 8.66. The normalized spacial score (nSPS) is 10.9. The number of hydrogen-bond donors (Lipinski definition) is 2. The van der Waals surface area contributed by atoms with E-state index in [-0.39, 0.29) is 16.7 Å². The predicted molar refractivity (Wildman–Crippen MR) is 60.1 cm³/mol. The zero-order valence-corrected chi connectivity index (χ0v) is 8.85. The third kappa shape index (κ3) is 1.43. The third-order valence-corrected chi connectivity index (χ3v) is 2.45. The maximum absolute atomic E-state index is 13.6. The van der Waals surface area contributed by atoms with E-state index in [0.717, 1.165) is 10.9 Å². The molecular weight excluding hydrogens is 241 g/mol. The fourth-order valence-electron chi connectivity index (χ4n) is 1.67. The molecule has 90 valence electrons. The molecule has 0 unspecified atom stereocenters. The van der Waals surface area contributed by atoms with E-state index in [9.17, 15) is 14.0 Å². The highest BCUT2D eigenvalue weighted by atomic mass is 19.1. The summed E-state index contributed by atoms with van der Waals surface area (Å²) in [5.41, 5.74) is -1.02. The van der Waals surface area contributed by atoms with Gasteiger partial charge in [0.25, 0.3) is 5.56 Å². The van der Waals surface area contributed by atoms with Crippen molar-refractivity contribution in [2.24, 2.45) is 0 Å². The summed E-state index contributed by atoms with van der Waals surface area (Å²) in [7, 11) is 0. The molecule has 0 aliphatic rings. The minimum atomic E-state index is -0.677. The van der Waals surface area contributed by atoms with Crippen molar-refractivity contribution in [2.75, 3.05) is 0 Å². The Labute approximate surface area is 97.9 Å². The van der Waals surface area contributed by atoms with E-state index in [1.54, 1.807) is 0 Å². The summed E-state index contributed by atoms with van der Waals surface area (Å²) in [5.74, 6) is -0.608. The molecule has 3 aromatic heterocycles. The summed E-state index contributed by atoms with van der Waals surface area (Å²) in [6.45, 7) is 0. The Kier molecular flexibility index (Phi) is 2.09. The summed E-state index contributed by atoms with van der Waals surface area (Å²) < 4.78 is 14.7. The molecule has 0 saturated heterocycles. The van der Waals surface area contributed by atoms with Crippen molar-refractivity contribution in [3.63, 3.8) is 0 Å². The molecule has 0 fully saturated rings. The van der Waals surface area contributed by atoms with Crippen LogP contribution in [0.25, 0.3) is 16.7 Å². The molecule has 0 bridgehead atoms. The fraction of sp³-hybridized carbons (Fsp3) is 0. The minimum absolute atomic E-state index is 0.0984. The van der Waals surface area contributed by atoms with Gasteiger partial charge in [-0.05, 0) is 6.07 Å². The second-order valence-corrected chi connectivity index (χ2v) is 3.55. The molecule has 7 nitrogen and oxygen atoms in total. The summed E-state index contributed by atoms with van der Waals surface area (Å²) in [5, 5.41) is 4.06. The van der Waals surface area contributed by atoms with Crippen molar-refractivity contribution < 1.29 is 4.39 Å². The van der Waals surface area contributed by atoms with Gasteiger partial charge in [0.05, 0.1) is 12.4 Å². The molecular formula is C10H6FN5O2. The van der Waals surface area contributed by atoms with Crippen molar-refractivity contribution in [2.45, 2.75) is 0 Å². The van der Waals surface area contributed by atoms with E-state index in [0.29, 0.717) is 0 Å². The van der Waals surface area contributed by atoms with E-state index in [1.165, 1.54) is 18.5 Å². The van der Waals surface area contributed by atoms with Crippen molar-refractivity contribution in [3.05, 3.63) is 51.3 Å². The monoisotopic (exact) mass is 247 g/mol. The first kappa shape index (κ1) is 10.4. The number of H-pyrrole nitrogens is 2. The van der Waals surface area contributed by atoms with E-state index >= 15 is 0 Å². The van der Waals surface area contributed by atoms with Crippen molar-refractivity contribution in [1.82, 2.24) is 24.7 Å². The Hall–Kier alpha value is -2.77. The lowest BCUT2D eigenvalue weighted by Gasteiger charge is -2.03. The molecule has 3 rings (SSSR count). The predicted octanol–water partition coefficient (Wildman–Crippen LogP) is -0.0638. The molecule has 0 saturated carbocycles. The number of aromatic amines is 2. The maximum Gasteiger partial charge on any atom is 0.327 e. The van der Waals surface area contributed by atoms with Crippen LogP contribution in [0.1, 0.15) is 0 Å². The molecule has 2 N–H and O–H groups in total. The molecule has 0 spiro atoms. The van der Waals surface area contributed by atoms with Gasteiger partial charge in [0.15, 0.2) is 11.5 Å². The minimum Gasteiger partial charge on any atom is -0.291 e. The topological polar surface area (TPSA) is 96.4 Å². The van der Waals surface area contributed by atoms with Crippen LogP contribution in [0.5, 0.6) is 0 Å². The van der Waals surface area contributed by atoms with Crippen LogP contribution >= 0.6 is 0 Å². The van der Waals surface area contributed by atoms with Gasteiger partial charge >= 0.3 is 5.69 Å². The third-order valence-electron chi connectivity index (χ3n) is 2.45. The van der Waals surface area contributed by atoms with Gasteiger partial charge in [0, 0.05) is 6.20 Å². The number of halogens is 1. The smallest absolute Gasteiger partial charge is 0.291 e. The van der Waals surface area contributed by atoms with Gasteiger partial charge in [-0.3, -0.25) is 19.7 Å². The molecule has 18 heavy (non-hydrogen) atoms. The quantitative estimate of drug-likeness (QED) is 0.629. The highest BCUT2D eigenvalue weighted by molar-refractivity contribution is 5.74. The Balaban J connectivity index is 2.42. The van der Waals surface area contributed by atoms with Crippen LogP contribution in [0.2, 0.25) is 0 Å². The van der Waals surface area contributed by atoms with Crippen LogP contribution in [0.3, 0.4) is 0 Å². The summed E-state index contributed by atoms with van der Waals surface area (Å²) >= 11 is 0. The first-order valence-corrected chi connectivity index (χ1v) is 4.97. The fourth-order valence-corrected chi connectivity index (χ4v) is 1.67. The Morgan fingerprint density at radius 3 is 2.83 bits per heavy atom. The number of pyridine rings is 1. The molecule has 3 aromatic rings. The summed E-state index contributed by atoms with van der Waals surface area (Å²) in [6, 6.07) is 1.39. The van der Waals surface area contributed by atoms with E-state index in [1.807, 2.05) is 0 Å². The highest BCUT2D eigenvalue weighted by Crippen LogP contribution is 2.14. The van der Waals surface area contributed by atoms with Crippen LogP contribution in [0, 0.1) is 5.82 Å². The Morgan fingerprint density at radius 1 is 1.22 bits per heavy atom. The Bertz CT molecular complexity index is 847. The highest BCUT2D eigenvalue weighted by Gasteiger charge is 2.12. The number of hydrogen-bond acceptors (Lipinski definition) is 4. The number of nitrogens with zero attached hydrogens (tertiary/aromatic N) is 3. The van der Waals surface area contributed by atoms with Gasteiger partial charge in [-0.15, -0.1) is 0 Å². The van der Waals surface area contributed by atoms with Gasteiger partial charge in [0.1, 0.15) is 11.1 Å². The Morgan fingerprint density at radius 2 is 2.06 bits per heavy atom. The number of nitrogens with one attached hydrogen (secondary N) is 2. The molecule has 0 aliphatic carbocycles. The molecule has 0 atom stereocenters. The van der Waals surface area contributed by atoms with Gasteiger partial charge in [0.2, 0.25) is 0 Å². The molecule has 8 heteroatoms. The van der Waals surface area contributed by atoms with Gasteiger partial charge in [-0.25, -0.2) is 13.9 Å². The molecule has 0 aliphatic heterocycles. The second-order valence-electron chi connectivity index (χ2n) is 3.55. The van der Waals surface area contributed by atoms with Gasteiger partial charge in [-0.2, -0.15) is 5.10 Å². The van der Waals surface area contributed by atoms with Crippen molar-refractivity contribution in [1.29, 1.82) is 0 Å². The van der Waals surface area contributed by atoms with Crippen LogP contribution in [0.4, 0.5) is 4.39 Å². The molecule has 0 radical (unpaired) electrons. The maximum atomic E-state index is 13.6. The zero-order valence-electron chi connectivity index (χ0n) is 8.85. The van der Waals surface area contributed by atoms with Crippen LogP contribution in [0.15, 0.2) is 34.2 Å². The van der Waals surface area contributed by atoms with Gasteiger partial charge < -0.3 is 0 Å². The lowest BCUT2D eigenvalue weighted by atomic mass is 10.4. The molecule has 0 aromatic carbocycles. The van der Waals surface area contributed by atoms with E-state index in [2.05, 4.69) is 20.1 Å². The second kappa shape index (κ2) is 3.62. The summed E-state index contributed by atoms with van der Waals surface area (Å²) in [4.78, 5) is 30.8. The number of aromatic nitrogens is 5. The van der Waals surface area contributed by atoms with Crippen LogP contribution in [-0.4, -0.2) is 24.7 Å². The standard InChI is InChI=1S/C10H6FN5O2/c11-6-4-12-2-1-7(6)16-8-5(3-13-16)9(17)15-10(18)14-8/h1-4H,(H2,14,15,17,18). The van der Waals surface area contributed by atoms with E-state index < -0.39 is 17.1 Å². The van der Waals surface area contributed by atoms with Crippen molar-refractivity contribution >= 4 is 11.0 Å². The largest absolute Gasteiger partial charge is 0.327 e. The van der Waals surface area contributed by atoms with Crippen LogP contribution < -0.4 is 11.2 Å². The average Bonchev–Trinajstić information content (AvgIpc) is 2.73. The van der Waals surface area contributed by atoms with Crippen molar-refractivity contribution in [3.8, 4) is 5.69 Å². The lowest BCUT2D eigenvalue weighted by molar-refractivity contribution is 0.606. The average molecular weight is 247 g/mol. The lowest BCUT2D eigenvalue weighted by Crippen LogP contribution is -2.22. The molecule has 3 heterocycles. The summed E-state index contributed by atoms with van der Waals surface area (Å²) in [6.07, 6.45) is 3.66. The first-order valence-electron chi connectivity index (χ1n) is 4.97. The zero-order chi connectivity index (χ0) is 12.7.